The second-order valence-corrected chi connectivity index (χ2v) is 5.91. The molecule has 1 aromatic carbocycles. The zero-order valence-corrected chi connectivity index (χ0v) is 12.6. The topological polar surface area (TPSA) is 35.5 Å². The van der Waals surface area contributed by atoms with E-state index in [9.17, 15) is 5.11 Å². The second-order valence-electron chi connectivity index (χ2n) is 5.06. The smallest absolute Gasteiger partial charge is 0.0601 e. The Morgan fingerprint density at radius 1 is 1.50 bits per heavy atom. The number of anilines is 1. The van der Waals surface area contributed by atoms with Crippen LogP contribution in [0, 0.1) is 6.92 Å². The van der Waals surface area contributed by atoms with Crippen LogP contribution in [0.25, 0.3) is 0 Å². The van der Waals surface area contributed by atoms with Gasteiger partial charge in [0.15, 0.2) is 0 Å². The maximum Gasteiger partial charge on any atom is 0.0601 e. The van der Waals surface area contributed by atoms with E-state index < -0.39 is 0 Å². The van der Waals surface area contributed by atoms with Crippen LogP contribution in [0.15, 0.2) is 22.7 Å². The summed E-state index contributed by atoms with van der Waals surface area (Å²) < 4.78 is 1.14. The molecule has 0 spiro atoms. The van der Waals surface area contributed by atoms with Crippen molar-refractivity contribution >= 4 is 21.6 Å². The van der Waals surface area contributed by atoms with Crippen molar-refractivity contribution in [2.75, 3.05) is 24.6 Å². The van der Waals surface area contributed by atoms with Gasteiger partial charge < -0.3 is 15.3 Å². The summed E-state index contributed by atoms with van der Waals surface area (Å²) in [6.45, 7) is 6.35. The van der Waals surface area contributed by atoms with Gasteiger partial charge in [-0.15, -0.1) is 0 Å². The lowest BCUT2D eigenvalue weighted by Gasteiger charge is -2.31. The van der Waals surface area contributed by atoms with Crippen LogP contribution in [0.2, 0.25) is 0 Å². The average molecular weight is 313 g/mol. The van der Waals surface area contributed by atoms with Crippen molar-refractivity contribution in [1.29, 1.82) is 0 Å². The number of aryl methyl sites for hydroxylation is 1. The molecule has 2 N–H and O–H groups in total. The van der Waals surface area contributed by atoms with Gasteiger partial charge in [-0.1, -0.05) is 22.0 Å². The van der Waals surface area contributed by atoms with Gasteiger partial charge in [-0.05, 0) is 44.5 Å². The van der Waals surface area contributed by atoms with Gasteiger partial charge in [0, 0.05) is 28.8 Å². The Hall–Kier alpha value is -0.580. The van der Waals surface area contributed by atoms with Crippen molar-refractivity contribution in [3.8, 4) is 0 Å². The number of nitrogens with one attached hydrogen (secondary N) is 1. The first-order valence-electron chi connectivity index (χ1n) is 6.49. The Morgan fingerprint density at radius 3 is 2.94 bits per heavy atom. The van der Waals surface area contributed by atoms with E-state index in [0.717, 1.165) is 24.0 Å². The zero-order valence-electron chi connectivity index (χ0n) is 11.0. The van der Waals surface area contributed by atoms with E-state index in [1.807, 2.05) is 0 Å². The highest BCUT2D eigenvalue weighted by Gasteiger charge is 2.22. The van der Waals surface area contributed by atoms with E-state index in [1.54, 1.807) is 0 Å². The molecule has 0 radical (unpaired) electrons. The summed E-state index contributed by atoms with van der Waals surface area (Å²) in [6, 6.07) is 7.12. The minimum absolute atomic E-state index is 0.162. The van der Waals surface area contributed by atoms with Crippen molar-refractivity contribution in [2.45, 2.75) is 32.4 Å². The lowest BCUT2D eigenvalue weighted by atomic mass is 10.1. The van der Waals surface area contributed by atoms with Crippen LogP contribution in [0.4, 0.5) is 5.69 Å². The Balaban J connectivity index is 2.24. The van der Waals surface area contributed by atoms with Crippen LogP contribution in [0.3, 0.4) is 0 Å². The number of aliphatic hydroxyl groups is 1. The zero-order chi connectivity index (χ0) is 13.1. The largest absolute Gasteiger partial charge is 0.395 e. The SMILES string of the molecule is Cc1ccc(N2CC(CO)NCCC2C)cc1Br. The Bertz CT molecular complexity index is 411. The van der Waals surface area contributed by atoms with Crippen LogP contribution in [-0.2, 0) is 0 Å². The van der Waals surface area contributed by atoms with Gasteiger partial charge in [0.2, 0.25) is 0 Å². The molecule has 2 atom stereocenters. The van der Waals surface area contributed by atoms with Gasteiger partial charge in [0.05, 0.1) is 6.61 Å². The molecule has 2 unspecified atom stereocenters. The molecule has 1 saturated heterocycles. The lowest BCUT2D eigenvalue weighted by Crippen LogP contribution is -2.42. The summed E-state index contributed by atoms with van der Waals surface area (Å²) in [5, 5.41) is 12.8. The number of rotatable bonds is 2. The quantitative estimate of drug-likeness (QED) is 0.879. The minimum atomic E-state index is 0.162. The average Bonchev–Trinajstić information content (AvgIpc) is 2.54. The van der Waals surface area contributed by atoms with Crippen molar-refractivity contribution in [1.82, 2.24) is 5.32 Å². The van der Waals surface area contributed by atoms with Gasteiger partial charge in [-0.3, -0.25) is 0 Å². The summed E-state index contributed by atoms with van der Waals surface area (Å²) in [5.41, 5.74) is 2.47. The maximum absolute atomic E-state index is 9.37. The van der Waals surface area contributed by atoms with Gasteiger partial charge in [-0.2, -0.15) is 0 Å². The highest BCUT2D eigenvalue weighted by Crippen LogP contribution is 2.26. The van der Waals surface area contributed by atoms with Gasteiger partial charge in [0.25, 0.3) is 0 Å². The summed E-state index contributed by atoms with van der Waals surface area (Å²) in [7, 11) is 0. The first kappa shape index (κ1) is 13.8. The monoisotopic (exact) mass is 312 g/mol. The predicted octanol–water partition coefficient (Wildman–Crippen LogP) is 2.31. The molecule has 1 fully saturated rings. The Morgan fingerprint density at radius 2 is 2.28 bits per heavy atom. The van der Waals surface area contributed by atoms with Crippen LogP contribution in [0.5, 0.6) is 0 Å². The fraction of sp³-hybridized carbons (Fsp3) is 0.571. The summed E-state index contributed by atoms with van der Waals surface area (Å²) in [6.07, 6.45) is 1.10. The predicted molar refractivity (Wildman–Crippen MR) is 79.2 cm³/mol. The first-order valence-corrected chi connectivity index (χ1v) is 7.28. The third-order valence-corrected chi connectivity index (χ3v) is 4.51. The van der Waals surface area contributed by atoms with E-state index >= 15 is 0 Å². The third-order valence-electron chi connectivity index (χ3n) is 3.65. The Labute approximate surface area is 117 Å². The molecule has 18 heavy (non-hydrogen) atoms. The molecule has 100 valence electrons. The molecule has 0 aliphatic carbocycles. The highest BCUT2D eigenvalue weighted by molar-refractivity contribution is 9.10. The molecule has 1 aliphatic heterocycles. The molecule has 1 aromatic rings. The number of aliphatic hydroxyl groups excluding tert-OH is 1. The number of nitrogens with zero attached hydrogens (tertiary/aromatic N) is 1. The van der Waals surface area contributed by atoms with Gasteiger partial charge in [0.1, 0.15) is 0 Å². The number of halogens is 1. The first-order chi connectivity index (χ1) is 8.61. The molecule has 0 amide bonds. The van der Waals surface area contributed by atoms with E-state index in [-0.39, 0.29) is 12.6 Å². The van der Waals surface area contributed by atoms with E-state index in [1.165, 1.54) is 11.3 Å². The van der Waals surface area contributed by atoms with Crippen LogP contribution >= 0.6 is 15.9 Å². The fourth-order valence-corrected chi connectivity index (χ4v) is 2.74. The number of hydrogen-bond donors (Lipinski definition) is 2. The molecule has 3 nitrogen and oxygen atoms in total. The van der Waals surface area contributed by atoms with Crippen LogP contribution < -0.4 is 10.2 Å². The summed E-state index contributed by atoms with van der Waals surface area (Å²) >= 11 is 3.59. The minimum Gasteiger partial charge on any atom is -0.395 e. The Kier molecular flexibility index (Phi) is 4.65. The fourth-order valence-electron chi connectivity index (χ4n) is 2.38. The second kappa shape index (κ2) is 6.04. The van der Waals surface area contributed by atoms with Crippen molar-refractivity contribution < 1.29 is 5.11 Å². The van der Waals surface area contributed by atoms with E-state index in [4.69, 9.17) is 0 Å². The molecular weight excluding hydrogens is 292 g/mol. The molecule has 1 heterocycles. The molecule has 0 saturated carbocycles. The molecule has 0 bridgehead atoms. The van der Waals surface area contributed by atoms with Crippen molar-refractivity contribution in [2.24, 2.45) is 0 Å². The number of hydrogen-bond acceptors (Lipinski definition) is 3. The van der Waals surface area contributed by atoms with Crippen molar-refractivity contribution in [3.05, 3.63) is 28.2 Å². The normalized spacial score (nSPS) is 25.0. The summed E-state index contributed by atoms with van der Waals surface area (Å²) in [5.74, 6) is 0. The van der Waals surface area contributed by atoms with Crippen LogP contribution in [-0.4, -0.2) is 36.9 Å². The molecule has 4 heteroatoms. The highest BCUT2D eigenvalue weighted by atomic mass is 79.9. The van der Waals surface area contributed by atoms with Gasteiger partial charge in [-0.25, -0.2) is 0 Å². The van der Waals surface area contributed by atoms with Crippen LogP contribution in [0.1, 0.15) is 18.9 Å². The molecular formula is C14H21BrN2O. The van der Waals surface area contributed by atoms with Crippen molar-refractivity contribution in [3.63, 3.8) is 0 Å². The third kappa shape index (κ3) is 3.05. The lowest BCUT2D eigenvalue weighted by molar-refractivity contribution is 0.248. The van der Waals surface area contributed by atoms with Gasteiger partial charge >= 0.3 is 0 Å². The maximum atomic E-state index is 9.37. The molecule has 2 rings (SSSR count). The number of benzene rings is 1. The summed E-state index contributed by atoms with van der Waals surface area (Å²) in [4.78, 5) is 2.38. The molecule has 0 aromatic heterocycles. The van der Waals surface area contributed by atoms with E-state index in [2.05, 4.69) is 58.2 Å². The van der Waals surface area contributed by atoms with E-state index in [0.29, 0.717) is 6.04 Å². The standard InChI is InChI=1S/C14H21BrN2O/c1-10-3-4-13(7-14(10)15)17-8-12(9-18)16-6-5-11(17)2/h3-4,7,11-12,16,18H,5-6,8-9H2,1-2H3. The molecule has 1 aliphatic rings.